The Morgan fingerprint density at radius 3 is 2.57 bits per heavy atom. The molecule has 2 aromatic rings. The van der Waals surface area contributed by atoms with E-state index >= 15 is 0 Å². The third kappa shape index (κ3) is 3.60. The average molecular weight is 389 g/mol. The van der Waals surface area contributed by atoms with Gasteiger partial charge in [0.2, 0.25) is 11.9 Å². The Balaban J connectivity index is 1.96. The Bertz CT molecular complexity index is 936. The minimum Gasteiger partial charge on any atom is -0.503 e. The van der Waals surface area contributed by atoms with E-state index in [1.807, 2.05) is 19.9 Å². The van der Waals surface area contributed by atoms with E-state index in [1.165, 1.54) is 6.20 Å². The number of hydrogen-bond acceptors (Lipinski definition) is 6. The van der Waals surface area contributed by atoms with Gasteiger partial charge in [-0.05, 0) is 20.8 Å². The number of halogens is 2. The number of phenols is 1. The number of nitrogens with zero attached hydrogens (tertiary/aromatic N) is 4. The van der Waals surface area contributed by atoms with E-state index in [1.54, 1.807) is 23.8 Å². The van der Waals surface area contributed by atoms with Crippen LogP contribution in [0.25, 0.3) is 0 Å². The Hall–Kier alpha value is -3.23. The van der Waals surface area contributed by atoms with E-state index < -0.39 is 23.4 Å². The lowest BCUT2D eigenvalue weighted by Crippen LogP contribution is -2.51. The molecule has 0 radical (unpaired) electrons. The van der Waals surface area contributed by atoms with Gasteiger partial charge in [0.05, 0.1) is 6.20 Å². The summed E-state index contributed by atoms with van der Waals surface area (Å²) in [5.41, 5.74) is 1.69. The number of anilines is 4. The summed E-state index contributed by atoms with van der Waals surface area (Å²) in [6, 6.07) is 1.46. The molecule has 2 heterocycles. The van der Waals surface area contributed by atoms with Crippen LogP contribution in [0.5, 0.6) is 5.75 Å². The molecule has 0 saturated carbocycles. The van der Waals surface area contributed by atoms with Crippen LogP contribution >= 0.6 is 0 Å². The van der Waals surface area contributed by atoms with Crippen LogP contribution in [0, 0.1) is 11.6 Å². The number of carbonyl (C=O) groups excluding carboxylic acids is 1. The second kappa shape index (κ2) is 7.41. The van der Waals surface area contributed by atoms with Gasteiger partial charge in [0.1, 0.15) is 11.7 Å². The normalized spacial score (nSPS) is 16.1. The Labute approximate surface area is 161 Å². The first-order valence-electron chi connectivity index (χ1n) is 8.68. The molecule has 1 aromatic carbocycles. The topological polar surface area (TPSA) is 81.6 Å². The van der Waals surface area contributed by atoms with Gasteiger partial charge in [0, 0.05) is 31.4 Å². The number of nitrogens with one attached hydrogen (secondary N) is 1. The van der Waals surface area contributed by atoms with Crippen molar-refractivity contribution in [3.05, 3.63) is 41.6 Å². The largest absolute Gasteiger partial charge is 0.503 e. The fourth-order valence-corrected chi connectivity index (χ4v) is 2.80. The monoisotopic (exact) mass is 389 g/mol. The predicted molar refractivity (Wildman–Crippen MR) is 103 cm³/mol. The van der Waals surface area contributed by atoms with Gasteiger partial charge in [0.15, 0.2) is 23.2 Å². The summed E-state index contributed by atoms with van der Waals surface area (Å²) in [6.45, 7) is 6.08. The predicted octanol–water partition coefficient (Wildman–Crippen LogP) is 3.34. The van der Waals surface area contributed by atoms with E-state index in [9.17, 15) is 18.7 Å². The lowest BCUT2D eigenvalue weighted by Gasteiger charge is -2.38. The summed E-state index contributed by atoms with van der Waals surface area (Å²) in [4.78, 5) is 24.6. The van der Waals surface area contributed by atoms with Gasteiger partial charge in [-0.15, -0.1) is 0 Å². The van der Waals surface area contributed by atoms with Crippen LogP contribution in [-0.4, -0.2) is 40.6 Å². The van der Waals surface area contributed by atoms with Crippen molar-refractivity contribution >= 4 is 29.0 Å². The zero-order valence-corrected chi connectivity index (χ0v) is 16.0. The SMILES string of the molecule is CC(C)=CCN1C(=O)[C@@H](C)N(C)c2nc(Nc3cc(F)c(O)c(F)c3)ncc21. The first-order valence-corrected chi connectivity index (χ1v) is 8.68. The minimum atomic E-state index is -1.09. The number of benzene rings is 1. The molecule has 1 aliphatic rings. The molecule has 0 saturated heterocycles. The molecule has 0 aliphatic carbocycles. The second-order valence-corrected chi connectivity index (χ2v) is 6.83. The van der Waals surface area contributed by atoms with Gasteiger partial charge in [-0.1, -0.05) is 11.6 Å². The summed E-state index contributed by atoms with van der Waals surface area (Å²) in [6.07, 6.45) is 3.44. The molecule has 3 rings (SSSR count). The first kappa shape index (κ1) is 19.5. The minimum absolute atomic E-state index is 0.0525. The van der Waals surface area contributed by atoms with Crippen molar-refractivity contribution in [2.45, 2.75) is 26.8 Å². The number of aromatic hydroxyl groups is 1. The van der Waals surface area contributed by atoms with Gasteiger partial charge < -0.3 is 20.2 Å². The van der Waals surface area contributed by atoms with Crippen molar-refractivity contribution in [3.63, 3.8) is 0 Å². The van der Waals surface area contributed by atoms with Crippen molar-refractivity contribution < 1.29 is 18.7 Å². The molecule has 1 atom stereocenters. The standard InChI is InChI=1S/C19H21F2N5O2/c1-10(2)5-6-26-15-9-22-19(24-17(15)25(4)11(3)18(26)28)23-12-7-13(20)16(27)14(21)8-12/h5,7-9,11,27H,6H2,1-4H3,(H,22,23,24)/t11-/m1/s1. The maximum Gasteiger partial charge on any atom is 0.249 e. The highest BCUT2D eigenvalue weighted by atomic mass is 19.1. The van der Waals surface area contributed by atoms with Crippen molar-refractivity contribution in [2.75, 3.05) is 28.7 Å². The molecule has 7 nitrogen and oxygen atoms in total. The highest BCUT2D eigenvalue weighted by Gasteiger charge is 2.34. The van der Waals surface area contributed by atoms with Crippen molar-refractivity contribution in [1.82, 2.24) is 9.97 Å². The highest BCUT2D eigenvalue weighted by molar-refractivity contribution is 6.04. The van der Waals surface area contributed by atoms with Crippen LogP contribution in [0.3, 0.4) is 0 Å². The molecular weight excluding hydrogens is 368 g/mol. The second-order valence-electron chi connectivity index (χ2n) is 6.83. The summed E-state index contributed by atoms with van der Waals surface area (Å²) in [5.74, 6) is -2.67. The fraction of sp³-hybridized carbons (Fsp3) is 0.316. The molecule has 0 spiro atoms. The van der Waals surface area contributed by atoms with Crippen molar-refractivity contribution in [1.29, 1.82) is 0 Å². The van der Waals surface area contributed by atoms with Crippen molar-refractivity contribution in [3.8, 4) is 5.75 Å². The lowest BCUT2D eigenvalue weighted by atomic mass is 10.1. The van der Waals surface area contributed by atoms with Crippen LogP contribution in [0.4, 0.5) is 31.9 Å². The van der Waals surface area contributed by atoms with Crippen LogP contribution in [0.15, 0.2) is 30.0 Å². The number of hydrogen-bond donors (Lipinski definition) is 2. The number of aromatic nitrogens is 2. The zero-order valence-electron chi connectivity index (χ0n) is 16.0. The molecule has 9 heteroatoms. The number of carbonyl (C=O) groups is 1. The van der Waals surface area contributed by atoms with E-state index in [0.29, 0.717) is 18.1 Å². The van der Waals surface area contributed by atoms with Gasteiger partial charge in [0.25, 0.3) is 0 Å². The smallest absolute Gasteiger partial charge is 0.249 e. The Kier molecular flexibility index (Phi) is 5.17. The number of likely N-dealkylation sites (N-methyl/N-ethyl adjacent to an activating group) is 1. The maximum atomic E-state index is 13.5. The van der Waals surface area contributed by atoms with Gasteiger partial charge in [-0.25, -0.2) is 13.8 Å². The number of phenolic OH excluding ortho intramolecular Hbond substituents is 1. The summed E-state index contributed by atoms with van der Waals surface area (Å²) >= 11 is 0. The lowest BCUT2D eigenvalue weighted by molar-refractivity contribution is -0.119. The molecule has 1 amide bonds. The van der Waals surface area contributed by atoms with Crippen LogP contribution < -0.4 is 15.1 Å². The molecule has 1 aromatic heterocycles. The summed E-state index contributed by atoms with van der Waals surface area (Å²) < 4.78 is 27.1. The van der Waals surface area contributed by atoms with Gasteiger partial charge in [-0.3, -0.25) is 4.79 Å². The van der Waals surface area contributed by atoms with Gasteiger partial charge in [-0.2, -0.15) is 4.98 Å². The molecule has 148 valence electrons. The highest BCUT2D eigenvalue weighted by Crippen LogP contribution is 2.34. The number of fused-ring (bicyclic) bond motifs is 1. The average Bonchev–Trinajstić information content (AvgIpc) is 2.64. The number of allylic oxidation sites excluding steroid dienone is 1. The Morgan fingerprint density at radius 1 is 1.32 bits per heavy atom. The molecular formula is C19H21F2N5O2. The number of rotatable bonds is 4. The molecule has 0 unspecified atom stereocenters. The summed E-state index contributed by atoms with van der Waals surface area (Å²) in [7, 11) is 1.75. The third-order valence-corrected chi connectivity index (χ3v) is 4.53. The van der Waals surface area contributed by atoms with E-state index in [4.69, 9.17) is 0 Å². The Morgan fingerprint density at radius 2 is 1.96 bits per heavy atom. The first-order chi connectivity index (χ1) is 13.2. The molecule has 0 fully saturated rings. The maximum absolute atomic E-state index is 13.5. The fourth-order valence-electron chi connectivity index (χ4n) is 2.80. The van der Waals surface area contributed by atoms with E-state index in [-0.39, 0.29) is 17.5 Å². The molecule has 2 N–H and O–H groups in total. The van der Waals surface area contributed by atoms with Crippen LogP contribution in [0.2, 0.25) is 0 Å². The molecule has 1 aliphatic heterocycles. The summed E-state index contributed by atoms with van der Waals surface area (Å²) in [5, 5.41) is 11.9. The van der Waals surface area contributed by atoms with Crippen LogP contribution in [0.1, 0.15) is 20.8 Å². The van der Waals surface area contributed by atoms with E-state index in [2.05, 4.69) is 15.3 Å². The van der Waals surface area contributed by atoms with E-state index in [0.717, 1.165) is 17.7 Å². The van der Waals surface area contributed by atoms with Crippen LogP contribution in [-0.2, 0) is 4.79 Å². The van der Waals surface area contributed by atoms with Gasteiger partial charge >= 0.3 is 0 Å². The molecule has 0 bridgehead atoms. The third-order valence-electron chi connectivity index (χ3n) is 4.53. The molecule has 28 heavy (non-hydrogen) atoms. The van der Waals surface area contributed by atoms with Crippen molar-refractivity contribution in [2.24, 2.45) is 0 Å². The quantitative estimate of drug-likeness (QED) is 0.617. The zero-order chi connectivity index (χ0) is 20.6. The number of amides is 1.